The molecule has 0 aliphatic carbocycles. The van der Waals surface area contributed by atoms with Crippen molar-refractivity contribution in [2.24, 2.45) is 0 Å². The molecule has 1 aromatic rings. The van der Waals surface area contributed by atoms with E-state index in [0.717, 1.165) is 18.5 Å². The molecular formula is C12H18FNOS. The van der Waals surface area contributed by atoms with E-state index in [2.05, 4.69) is 17.5 Å². The second kappa shape index (κ2) is 6.76. The average molecular weight is 243 g/mol. The number of hydrogen-bond donors (Lipinski definition) is 1. The van der Waals surface area contributed by atoms with E-state index in [1.165, 1.54) is 6.07 Å². The van der Waals surface area contributed by atoms with Crippen molar-refractivity contribution in [2.75, 3.05) is 26.1 Å². The molecule has 0 heterocycles. The third-order valence-corrected chi connectivity index (χ3v) is 2.80. The molecule has 0 spiro atoms. The summed E-state index contributed by atoms with van der Waals surface area (Å²) in [5.74, 6) is 0.751. The maximum absolute atomic E-state index is 13.5. The minimum absolute atomic E-state index is 0.284. The van der Waals surface area contributed by atoms with Gasteiger partial charge in [0.25, 0.3) is 0 Å². The van der Waals surface area contributed by atoms with Gasteiger partial charge in [-0.05, 0) is 38.1 Å². The van der Waals surface area contributed by atoms with Crippen LogP contribution < -0.4 is 4.74 Å². The van der Waals surface area contributed by atoms with Crippen molar-refractivity contribution in [1.29, 1.82) is 0 Å². The molecule has 0 bridgehead atoms. The second-order valence-electron chi connectivity index (χ2n) is 3.67. The summed E-state index contributed by atoms with van der Waals surface area (Å²) < 4.78 is 18.6. The molecule has 0 amide bonds. The molecular weight excluding hydrogens is 225 g/mol. The molecule has 2 nitrogen and oxygen atoms in total. The summed E-state index contributed by atoms with van der Waals surface area (Å²) in [6, 6.07) is 5.13. The maximum Gasteiger partial charge on any atom is 0.165 e. The lowest BCUT2D eigenvalue weighted by Crippen LogP contribution is -2.19. The van der Waals surface area contributed by atoms with Crippen LogP contribution >= 0.6 is 12.6 Å². The average Bonchev–Trinajstić information content (AvgIpc) is 2.29. The van der Waals surface area contributed by atoms with Gasteiger partial charge in [0.1, 0.15) is 0 Å². The molecule has 0 atom stereocenters. The molecule has 0 aliphatic heterocycles. The molecule has 0 saturated heterocycles. The summed E-state index contributed by atoms with van der Waals surface area (Å²) in [7, 11) is 1.98. The molecule has 0 saturated carbocycles. The van der Waals surface area contributed by atoms with Crippen molar-refractivity contribution in [3.63, 3.8) is 0 Å². The lowest BCUT2D eigenvalue weighted by Gasteiger charge is -2.13. The highest BCUT2D eigenvalue weighted by atomic mass is 32.1. The van der Waals surface area contributed by atoms with E-state index >= 15 is 0 Å². The zero-order chi connectivity index (χ0) is 12.0. The monoisotopic (exact) mass is 243 g/mol. The van der Waals surface area contributed by atoms with Crippen LogP contribution in [0.15, 0.2) is 18.2 Å². The molecule has 90 valence electrons. The van der Waals surface area contributed by atoms with Crippen LogP contribution in [0.4, 0.5) is 4.39 Å². The quantitative estimate of drug-likeness (QED) is 0.609. The maximum atomic E-state index is 13.5. The summed E-state index contributed by atoms with van der Waals surface area (Å²) >= 11 is 4.16. The van der Waals surface area contributed by atoms with Gasteiger partial charge in [0.15, 0.2) is 11.6 Å². The van der Waals surface area contributed by atoms with Gasteiger partial charge < -0.3 is 4.74 Å². The molecule has 1 rings (SSSR count). The fourth-order valence-electron chi connectivity index (χ4n) is 1.36. The Balaban J connectivity index is 2.59. The van der Waals surface area contributed by atoms with Crippen molar-refractivity contribution in [2.45, 2.75) is 13.3 Å². The van der Waals surface area contributed by atoms with Crippen LogP contribution in [-0.4, -0.2) is 31.0 Å². The third-order valence-electron chi connectivity index (χ3n) is 2.32. The fourth-order valence-corrected chi connectivity index (χ4v) is 1.50. The number of thiol groups is 1. The van der Waals surface area contributed by atoms with Crippen LogP contribution in [0.3, 0.4) is 0 Å². The van der Waals surface area contributed by atoms with Crippen LogP contribution in [-0.2, 0) is 6.42 Å². The predicted octanol–water partition coefficient (Wildman–Crippen LogP) is 2.59. The number of hydrogen-bond acceptors (Lipinski definition) is 3. The highest BCUT2D eigenvalue weighted by molar-refractivity contribution is 7.80. The first kappa shape index (κ1) is 13.3. The van der Waals surface area contributed by atoms with E-state index < -0.39 is 0 Å². The zero-order valence-electron chi connectivity index (χ0n) is 9.74. The Morgan fingerprint density at radius 2 is 2.19 bits per heavy atom. The van der Waals surface area contributed by atoms with Crippen molar-refractivity contribution < 1.29 is 9.13 Å². The lowest BCUT2D eigenvalue weighted by molar-refractivity contribution is 0.321. The third kappa shape index (κ3) is 4.02. The zero-order valence-corrected chi connectivity index (χ0v) is 10.6. The van der Waals surface area contributed by atoms with Crippen LogP contribution in [0.1, 0.15) is 12.5 Å². The van der Waals surface area contributed by atoms with Crippen molar-refractivity contribution in [3.05, 3.63) is 29.6 Å². The summed E-state index contributed by atoms with van der Waals surface area (Å²) in [5.41, 5.74) is 0.981. The van der Waals surface area contributed by atoms with Gasteiger partial charge in [-0.2, -0.15) is 12.6 Å². The Morgan fingerprint density at radius 1 is 1.44 bits per heavy atom. The van der Waals surface area contributed by atoms with Gasteiger partial charge in [-0.15, -0.1) is 0 Å². The van der Waals surface area contributed by atoms with E-state index in [4.69, 9.17) is 4.74 Å². The number of nitrogens with zero attached hydrogens (tertiary/aromatic N) is 1. The molecule has 0 fully saturated rings. The standard InChI is InChI=1S/C12H18FNOS/c1-3-15-12-5-4-10(8-11(12)13)6-7-14(2)9-16/h4-5,8,16H,3,6-7,9H2,1-2H3. The van der Waals surface area contributed by atoms with Crippen LogP contribution in [0.2, 0.25) is 0 Å². The molecule has 16 heavy (non-hydrogen) atoms. The SMILES string of the molecule is CCOc1ccc(CCN(C)CS)cc1F. The normalized spacial score (nSPS) is 10.8. The molecule has 1 aromatic carbocycles. The fraction of sp³-hybridized carbons (Fsp3) is 0.500. The van der Waals surface area contributed by atoms with E-state index in [1.807, 2.05) is 20.0 Å². The lowest BCUT2D eigenvalue weighted by atomic mass is 10.1. The number of likely N-dealkylation sites (N-methyl/N-ethyl adjacent to an activating group) is 1. The Hall–Kier alpha value is -0.740. The minimum Gasteiger partial charge on any atom is -0.491 e. The Bertz CT molecular complexity index is 333. The second-order valence-corrected chi connectivity index (χ2v) is 3.95. The van der Waals surface area contributed by atoms with E-state index in [-0.39, 0.29) is 5.82 Å². The molecule has 0 aromatic heterocycles. The van der Waals surface area contributed by atoms with Crippen molar-refractivity contribution in [3.8, 4) is 5.75 Å². The van der Waals surface area contributed by atoms with Gasteiger partial charge in [-0.1, -0.05) is 6.07 Å². The Labute approximate surface area is 102 Å². The summed E-state index contributed by atoms with van der Waals surface area (Å²) in [4.78, 5) is 2.07. The van der Waals surface area contributed by atoms with Gasteiger partial charge in [0, 0.05) is 12.4 Å². The van der Waals surface area contributed by atoms with Crippen LogP contribution in [0.5, 0.6) is 5.75 Å². The smallest absolute Gasteiger partial charge is 0.165 e. The highest BCUT2D eigenvalue weighted by Crippen LogP contribution is 2.18. The van der Waals surface area contributed by atoms with E-state index in [1.54, 1.807) is 6.07 Å². The first-order valence-electron chi connectivity index (χ1n) is 5.38. The number of halogens is 1. The minimum atomic E-state index is -0.284. The molecule has 0 N–H and O–H groups in total. The summed E-state index contributed by atoms with van der Waals surface area (Å²) in [5, 5.41) is 0. The van der Waals surface area contributed by atoms with Gasteiger partial charge in [-0.3, -0.25) is 4.90 Å². The molecule has 0 radical (unpaired) electrons. The first-order chi connectivity index (χ1) is 7.67. The van der Waals surface area contributed by atoms with Crippen molar-refractivity contribution >= 4 is 12.6 Å². The summed E-state index contributed by atoms with van der Waals surface area (Å²) in [6.45, 7) is 3.20. The molecule has 0 aliphatic rings. The number of rotatable bonds is 6. The van der Waals surface area contributed by atoms with Crippen LogP contribution in [0.25, 0.3) is 0 Å². The van der Waals surface area contributed by atoms with Gasteiger partial charge >= 0.3 is 0 Å². The topological polar surface area (TPSA) is 12.5 Å². The van der Waals surface area contributed by atoms with Gasteiger partial charge in [-0.25, -0.2) is 4.39 Å². The van der Waals surface area contributed by atoms with Crippen LogP contribution in [0, 0.1) is 5.82 Å². The number of ether oxygens (including phenoxy) is 1. The Morgan fingerprint density at radius 3 is 2.75 bits per heavy atom. The van der Waals surface area contributed by atoms with E-state index in [9.17, 15) is 4.39 Å². The van der Waals surface area contributed by atoms with Crippen molar-refractivity contribution in [1.82, 2.24) is 4.90 Å². The number of benzene rings is 1. The summed E-state index contributed by atoms with van der Waals surface area (Å²) in [6.07, 6.45) is 0.820. The van der Waals surface area contributed by atoms with Gasteiger partial charge in [0.05, 0.1) is 6.61 Å². The predicted molar refractivity (Wildman–Crippen MR) is 67.8 cm³/mol. The highest BCUT2D eigenvalue weighted by Gasteiger charge is 2.04. The first-order valence-corrected chi connectivity index (χ1v) is 6.01. The van der Waals surface area contributed by atoms with Gasteiger partial charge in [0.2, 0.25) is 0 Å². The largest absolute Gasteiger partial charge is 0.491 e. The molecule has 4 heteroatoms. The molecule has 0 unspecified atom stereocenters. The Kier molecular flexibility index (Phi) is 5.63. The van der Waals surface area contributed by atoms with E-state index in [0.29, 0.717) is 18.2 Å².